The number of carboxylic acids is 1. The Hall–Kier alpha value is -1.79. The molecule has 0 saturated heterocycles. The third-order valence-electron chi connectivity index (χ3n) is 2.60. The molecule has 1 aromatic carbocycles. The van der Waals surface area contributed by atoms with Gasteiger partial charge in [-0.3, -0.25) is 9.69 Å². The summed E-state index contributed by atoms with van der Waals surface area (Å²) >= 11 is 5.88. The number of ether oxygens (including phenoxy) is 1. The Kier molecular flexibility index (Phi) is 6.98. The molecule has 2 amide bonds. The molecule has 0 fully saturated rings. The number of hydrogen-bond acceptors (Lipinski definition) is 3. The molecule has 0 aliphatic carbocycles. The molecule has 7 heteroatoms. The topological polar surface area (TPSA) is 78.9 Å². The van der Waals surface area contributed by atoms with E-state index in [1.807, 2.05) is 6.92 Å². The zero-order valence-corrected chi connectivity index (χ0v) is 12.8. The van der Waals surface area contributed by atoms with Crippen molar-refractivity contribution in [3.8, 4) is 0 Å². The van der Waals surface area contributed by atoms with Crippen LogP contribution in [0.25, 0.3) is 0 Å². The molecule has 0 spiro atoms. The van der Waals surface area contributed by atoms with Crippen LogP contribution < -0.4 is 10.2 Å². The predicted octanol–water partition coefficient (Wildman–Crippen LogP) is 2.37. The van der Waals surface area contributed by atoms with Gasteiger partial charge in [0.2, 0.25) is 0 Å². The molecule has 6 nitrogen and oxygen atoms in total. The average molecular weight is 315 g/mol. The molecule has 1 rings (SSSR count). The van der Waals surface area contributed by atoms with Gasteiger partial charge in [-0.1, -0.05) is 17.7 Å². The van der Waals surface area contributed by atoms with Crippen LogP contribution in [0, 0.1) is 0 Å². The molecule has 0 aromatic heterocycles. The van der Waals surface area contributed by atoms with Crippen molar-refractivity contribution in [2.24, 2.45) is 0 Å². The van der Waals surface area contributed by atoms with E-state index in [1.54, 1.807) is 25.1 Å². The minimum atomic E-state index is -1.11. The van der Waals surface area contributed by atoms with Gasteiger partial charge in [0.1, 0.15) is 6.54 Å². The second-order valence-electron chi connectivity index (χ2n) is 4.47. The van der Waals surface area contributed by atoms with Crippen molar-refractivity contribution in [1.82, 2.24) is 5.32 Å². The van der Waals surface area contributed by atoms with E-state index in [0.29, 0.717) is 23.9 Å². The summed E-state index contributed by atoms with van der Waals surface area (Å²) in [6, 6.07) is 5.74. The molecule has 0 heterocycles. The fourth-order valence-electron chi connectivity index (χ4n) is 1.68. The number of carbonyl (C=O) groups excluding carboxylic acids is 1. The summed E-state index contributed by atoms with van der Waals surface area (Å²) < 4.78 is 5.21. The number of urea groups is 1. The van der Waals surface area contributed by atoms with Gasteiger partial charge in [-0.2, -0.15) is 0 Å². The van der Waals surface area contributed by atoms with Crippen LogP contribution in [-0.2, 0) is 9.53 Å². The Morgan fingerprint density at radius 3 is 2.76 bits per heavy atom. The normalized spacial score (nSPS) is 11.8. The number of anilines is 1. The van der Waals surface area contributed by atoms with E-state index in [2.05, 4.69) is 5.32 Å². The van der Waals surface area contributed by atoms with Gasteiger partial charge in [-0.15, -0.1) is 0 Å². The first-order valence-corrected chi connectivity index (χ1v) is 6.95. The lowest BCUT2D eigenvalue weighted by Gasteiger charge is -2.24. The Balaban J connectivity index is 2.82. The lowest BCUT2D eigenvalue weighted by molar-refractivity contribution is -0.135. The van der Waals surface area contributed by atoms with E-state index in [4.69, 9.17) is 21.4 Å². The van der Waals surface area contributed by atoms with Gasteiger partial charge in [0.05, 0.1) is 12.6 Å². The molecule has 0 aliphatic heterocycles. The van der Waals surface area contributed by atoms with E-state index in [-0.39, 0.29) is 6.04 Å². The molecule has 1 unspecified atom stereocenters. The Bertz CT molecular complexity index is 496. The van der Waals surface area contributed by atoms with Crippen LogP contribution >= 0.6 is 11.6 Å². The summed E-state index contributed by atoms with van der Waals surface area (Å²) in [5, 5.41) is 12.1. The highest BCUT2D eigenvalue weighted by atomic mass is 35.5. The minimum Gasteiger partial charge on any atom is -0.480 e. The number of halogens is 1. The Labute approximate surface area is 128 Å². The van der Waals surface area contributed by atoms with Crippen LogP contribution in [0.5, 0.6) is 0 Å². The van der Waals surface area contributed by atoms with Gasteiger partial charge in [-0.25, -0.2) is 4.79 Å². The SMILES string of the molecule is CCOCC(C)NC(=O)N(CC(=O)O)c1cccc(Cl)c1. The lowest BCUT2D eigenvalue weighted by atomic mass is 10.3. The maximum atomic E-state index is 12.2. The predicted molar refractivity (Wildman–Crippen MR) is 80.9 cm³/mol. The molecular formula is C14H19ClN2O4. The number of carbonyl (C=O) groups is 2. The molecule has 0 radical (unpaired) electrons. The number of benzene rings is 1. The third kappa shape index (κ3) is 6.01. The first-order chi connectivity index (χ1) is 9.93. The largest absolute Gasteiger partial charge is 0.480 e. The van der Waals surface area contributed by atoms with Gasteiger partial charge < -0.3 is 15.2 Å². The maximum Gasteiger partial charge on any atom is 0.323 e. The number of rotatable bonds is 7. The number of aliphatic carboxylic acids is 1. The van der Waals surface area contributed by atoms with Crippen molar-refractivity contribution in [3.05, 3.63) is 29.3 Å². The highest BCUT2D eigenvalue weighted by molar-refractivity contribution is 6.30. The van der Waals surface area contributed by atoms with Crippen LogP contribution in [0.2, 0.25) is 5.02 Å². The maximum absolute atomic E-state index is 12.2. The molecule has 116 valence electrons. The molecule has 0 saturated carbocycles. The number of carboxylic acid groups (broad SMARTS) is 1. The van der Waals surface area contributed by atoms with E-state index in [1.165, 1.54) is 6.07 Å². The van der Waals surface area contributed by atoms with Crippen molar-refractivity contribution in [1.29, 1.82) is 0 Å². The quantitative estimate of drug-likeness (QED) is 0.810. The van der Waals surface area contributed by atoms with Crippen molar-refractivity contribution < 1.29 is 19.4 Å². The molecule has 1 aromatic rings. The molecule has 21 heavy (non-hydrogen) atoms. The van der Waals surface area contributed by atoms with Gasteiger partial charge in [0, 0.05) is 17.3 Å². The molecule has 0 bridgehead atoms. The molecule has 2 N–H and O–H groups in total. The number of hydrogen-bond donors (Lipinski definition) is 2. The van der Waals surface area contributed by atoms with Crippen LogP contribution in [0.15, 0.2) is 24.3 Å². The smallest absolute Gasteiger partial charge is 0.323 e. The van der Waals surface area contributed by atoms with Crippen LogP contribution in [-0.4, -0.2) is 42.9 Å². The number of amides is 2. The Morgan fingerprint density at radius 1 is 1.48 bits per heavy atom. The molecule has 0 aliphatic rings. The van der Waals surface area contributed by atoms with Gasteiger partial charge >= 0.3 is 12.0 Å². The molecular weight excluding hydrogens is 296 g/mol. The fraction of sp³-hybridized carbons (Fsp3) is 0.429. The van der Waals surface area contributed by atoms with Crippen LogP contribution in [0.3, 0.4) is 0 Å². The monoisotopic (exact) mass is 314 g/mol. The fourth-order valence-corrected chi connectivity index (χ4v) is 1.87. The summed E-state index contributed by atoms with van der Waals surface area (Å²) in [4.78, 5) is 24.3. The minimum absolute atomic E-state index is 0.229. The zero-order valence-electron chi connectivity index (χ0n) is 12.0. The van der Waals surface area contributed by atoms with E-state index >= 15 is 0 Å². The summed E-state index contributed by atoms with van der Waals surface area (Å²) in [6.45, 7) is 4.10. The van der Waals surface area contributed by atoms with E-state index < -0.39 is 18.5 Å². The lowest BCUT2D eigenvalue weighted by Crippen LogP contribution is -2.47. The second-order valence-corrected chi connectivity index (χ2v) is 4.91. The summed E-state index contributed by atoms with van der Waals surface area (Å²) in [5.41, 5.74) is 0.422. The molecule has 1 atom stereocenters. The van der Waals surface area contributed by atoms with E-state index in [0.717, 1.165) is 4.90 Å². The van der Waals surface area contributed by atoms with Crippen molar-refractivity contribution >= 4 is 29.3 Å². The summed E-state index contributed by atoms with van der Waals surface area (Å²) in [6.07, 6.45) is 0. The Morgan fingerprint density at radius 2 is 2.19 bits per heavy atom. The summed E-state index contributed by atoms with van der Waals surface area (Å²) in [5.74, 6) is -1.11. The summed E-state index contributed by atoms with van der Waals surface area (Å²) in [7, 11) is 0. The highest BCUT2D eigenvalue weighted by Gasteiger charge is 2.20. The number of nitrogens with one attached hydrogen (secondary N) is 1. The standard InChI is InChI=1S/C14H19ClN2O4/c1-3-21-9-10(2)16-14(20)17(8-13(18)19)12-6-4-5-11(15)7-12/h4-7,10H,3,8-9H2,1-2H3,(H,16,20)(H,18,19). The number of nitrogens with zero attached hydrogens (tertiary/aromatic N) is 1. The second kappa shape index (κ2) is 8.49. The first kappa shape index (κ1) is 17.3. The van der Waals surface area contributed by atoms with Crippen LogP contribution in [0.4, 0.5) is 10.5 Å². The van der Waals surface area contributed by atoms with E-state index in [9.17, 15) is 9.59 Å². The van der Waals surface area contributed by atoms with Crippen molar-refractivity contribution in [2.75, 3.05) is 24.7 Å². The van der Waals surface area contributed by atoms with Crippen molar-refractivity contribution in [2.45, 2.75) is 19.9 Å². The highest BCUT2D eigenvalue weighted by Crippen LogP contribution is 2.19. The van der Waals surface area contributed by atoms with Gasteiger partial charge in [0.15, 0.2) is 0 Å². The van der Waals surface area contributed by atoms with Gasteiger partial charge in [0.25, 0.3) is 0 Å². The van der Waals surface area contributed by atoms with Gasteiger partial charge in [-0.05, 0) is 32.0 Å². The zero-order chi connectivity index (χ0) is 15.8. The van der Waals surface area contributed by atoms with Crippen LogP contribution in [0.1, 0.15) is 13.8 Å². The average Bonchev–Trinajstić information content (AvgIpc) is 2.42. The first-order valence-electron chi connectivity index (χ1n) is 6.57. The van der Waals surface area contributed by atoms with Crippen molar-refractivity contribution in [3.63, 3.8) is 0 Å². The third-order valence-corrected chi connectivity index (χ3v) is 2.84.